The number of halogens is 3. The van der Waals surface area contributed by atoms with Crippen LogP contribution in [0.3, 0.4) is 0 Å². The fraction of sp³-hybridized carbons (Fsp3) is 0.556. The molecule has 2 N–H and O–H groups in total. The zero-order valence-corrected chi connectivity index (χ0v) is 10.8. The molecule has 0 aliphatic carbocycles. The standard InChI is InChI=1S/C9H13BrF2N4O/c1-13-8-7(10)9(15-5-14-8)16(2-3-17)4-6(11)12/h5-6,17H,2-4H2,1H3,(H,13,14,15). The second-order valence-corrected chi connectivity index (χ2v) is 3.96. The molecule has 0 amide bonds. The molecule has 8 heteroatoms. The highest BCUT2D eigenvalue weighted by atomic mass is 79.9. The minimum absolute atomic E-state index is 0.0864. The van der Waals surface area contributed by atoms with E-state index in [4.69, 9.17) is 5.11 Å². The molecule has 0 aliphatic rings. The molecule has 0 radical (unpaired) electrons. The van der Waals surface area contributed by atoms with Gasteiger partial charge < -0.3 is 15.3 Å². The summed E-state index contributed by atoms with van der Waals surface area (Å²) < 4.78 is 25.3. The minimum Gasteiger partial charge on any atom is -0.395 e. The van der Waals surface area contributed by atoms with Crippen molar-refractivity contribution in [2.45, 2.75) is 6.43 Å². The summed E-state index contributed by atoms with van der Waals surface area (Å²) in [6, 6.07) is 0. The summed E-state index contributed by atoms with van der Waals surface area (Å²) in [6.07, 6.45) is -1.22. The third-order valence-corrected chi connectivity index (χ3v) is 2.77. The molecule has 1 heterocycles. The first-order chi connectivity index (χ1) is 8.10. The smallest absolute Gasteiger partial charge is 0.255 e. The fourth-order valence-electron chi connectivity index (χ4n) is 1.33. The Morgan fingerprint density at radius 2 is 2.24 bits per heavy atom. The van der Waals surface area contributed by atoms with E-state index in [-0.39, 0.29) is 13.2 Å². The zero-order valence-electron chi connectivity index (χ0n) is 9.20. The topological polar surface area (TPSA) is 61.3 Å². The highest BCUT2D eigenvalue weighted by Gasteiger charge is 2.18. The van der Waals surface area contributed by atoms with E-state index in [9.17, 15) is 8.78 Å². The lowest BCUT2D eigenvalue weighted by molar-refractivity contribution is 0.152. The predicted molar refractivity (Wildman–Crippen MR) is 64.6 cm³/mol. The van der Waals surface area contributed by atoms with Gasteiger partial charge in [0.15, 0.2) is 0 Å². The maximum absolute atomic E-state index is 12.4. The quantitative estimate of drug-likeness (QED) is 0.830. The molecule has 0 saturated carbocycles. The van der Waals surface area contributed by atoms with Crippen LogP contribution in [-0.4, -0.2) is 48.2 Å². The third-order valence-electron chi connectivity index (χ3n) is 2.04. The van der Waals surface area contributed by atoms with E-state index in [2.05, 4.69) is 31.2 Å². The number of alkyl halides is 2. The van der Waals surface area contributed by atoms with Gasteiger partial charge in [-0.25, -0.2) is 18.7 Å². The summed E-state index contributed by atoms with van der Waals surface area (Å²) in [5.74, 6) is 0.839. The van der Waals surface area contributed by atoms with Gasteiger partial charge in [0.25, 0.3) is 6.43 Å². The summed E-state index contributed by atoms with van der Waals surface area (Å²) in [7, 11) is 1.67. The maximum atomic E-state index is 12.4. The first kappa shape index (κ1) is 14.0. The number of hydrogen-bond acceptors (Lipinski definition) is 5. The number of rotatable bonds is 6. The van der Waals surface area contributed by atoms with Crippen LogP contribution in [0, 0.1) is 0 Å². The number of nitrogens with zero attached hydrogens (tertiary/aromatic N) is 3. The zero-order chi connectivity index (χ0) is 12.8. The first-order valence-electron chi connectivity index (χ1n) is 4.92. The summed E-state index contributed by atoms with van der Waals surface area (Å²) in [5, 5.41) is 11.7. The Kier molecular flexibility index (Phi) is 5.49. The van der Waals surface area contributed by atoms with E-state index < -0.39 is 13.0 Å². The molecule has 1 aromatic rings. The van der Waals surface area contributed by atoms with Gasteiger partial charge in [-0.2, -0.15) is 0 Å². The lowest BCUT2D eigenvalue weighted by Crippen LogP contribution is -2.32. The molecule has 5 nitrogen and oxygen atoms in total. The van der Waals surface area contributed by atoms with E-state index in [1.165, 1.54) is 11.2 Å². The van der Waals surface area contributed by atoms with Crippen molar-refractivity contribution in [3.63, 3.8) is 0 Å². The van der Waals surface area contributed by atoms with E-state index in [1.54, 1.807) is 7.05 Å². The van der Waals surface area contributed by atoms with Crippen LogP contribution in [-0.2, 0) is 0 Å². The number of aliphatic hydroxyl groups excluding tert-OH is 1. The van der Waals surface area contributed by atoms with Gasteiger partial charge in [-0.1, -0.05) is 0 Å². The molecule has 1 rings (SSSR count). The molecule has 96 valence electrons. The van der Waals surface area contributed by atoms with Gasteiger partial charge >= 0.3 is 0 Å². The molecule has 0 spiro atoms. The number of aliphatic hydroxyl groups is 1. The van der Waals surface area contributed by atoms with Crippen molar-refractivity contribution in [2.24, 2.45) is 0 Å². The molecular weight excluding hydrogens is 298 g/mol. The number of hydrogen-bond donors (Lipinski definition) is 2. The summed E-state index contributed by atoms with van der Waals surface area (Å²) in [6.45, 7) is -0.625. The number of anilines is 2. The summed E-state index contributed by atoms with van der Waals surface area (Å²) >= 11 is 3.25. The van der Waals surface area contributed by atoms with Crippen LogP contribution in [0.15, 0.2) is 10.8 Å². The fourth-order valence-corrected chi connectivity index (χ4v) is 1.98. The Morgan fingerprint density at radius 3 is 2.76 bits per heavy atom. The van der Waals surface area contributed by atoms with Crippen LogP contribution in [0.2, 0.25) is 0 Å². The van der Waals surface area contributed by atoms with Gasteiger partial charge in [0.2, 0.25) is 0 Å². The van der Waals surface area contributed by atoms with Gasteiger partial charge in [-0.05, 0) is 15.9 Å². The SMILES string of the molecule is CNc1ncnc(N(CCO)CC(F)F)c1Br. The van der Waals surface area contributed by atoms with Crippen LogP contribution in [0.25, 0.3) is 0 Å². The van der Waals surface area contributed by atoms with E-state index in [1.807, 2.05) is 0 Å². The third kappa shape index (κ3) is 3.74. The van der Waals surface area contributed by atoms with Crippen molar-refractivity contribution in [3.05, 3.63) is 10.8 Å². The lowest BCUT2D eigenvalue weighted by atomic mass is 10.4. The van der Waals surface area contributed by atoms with Crippen LogP contribution in [0.1, 0.15) is 0 Å². The maximum Gasteiger partial charge on any atom is 0.255 e. The minimum atomic E-state index is -2.50. The Morgan fingerprint density at radius 1 is 1.53 bits per heavy atom. The molecular formula is C9H13BrF2N4O. The number of aromatic nitrogens is 2. The van der Waals surface area contributed by atoms with Crippen molar-refractivity contribution < 1.29 is 13.9 Å². The van der Waals surface area contributed by atoms with Gasteiger partial charge in [0.05, 0.1) is 13.2 Å². The Labute approximate surface area is 106 Å². The van der Waals surface area contributed by atoms with Crippen LogP contribution < -0.4 is 10.2 Å². The lowest BCUT2D eigenvalue weighted by Gasteiger charge is -2.23. The first-order valence-corrected chi connectivity index (χ1v) is 5.71. The molecule has 0 aliphatic heterocycles. The van der Waals surface area contributed by atoms with Gasteiger partial charge in [0.1, 0.15) is 22.4 Å². The molecule has 0 bridgehead atoms. The van der Waals surface area contributed by atoms with Crippen molar-refractivity contribution in [3.8, 4) is 0 Å². The summed E-state index contributed by atoms with van der Waals surface area (Å²) in [5.41, 5.74) is 0. The Bertz CT molecular complexity index is 367. The Balaban J connectivity index is 3.00. The second kappa shape index (κ2) is 6.65. The van der Waals surface area contributed by atoms with Gasteiger partial charge in [-0.15, -0.1) is 0 Å². The number of nitrogens with one attached hydrogen (secondary N) is 1. The average Bonchev–Trinajstić information content (AvgIpc) is 2.28. The summed E-state index contributed by atoms with van der Waals surface area (Å²) in [4.78, 5) is 9.18. The molecule has 0 fully saturated rings. The molecule has 0 aromatic carbocycles. The molecule has 0 saturated heterocycles. The molecule has 17 heavy (non-hydrogen) atoms. The van der Waals surface area contributed by atoms with E-state index in [0.29, 0.717) is 16.1 Å². The van der Waals surface area contributed by atoms with Crippen molar-refractivity contribution in [1.29, 1.82) is 0 Å². The van der Waals surface area contributed by atoms with Gasteiger partial charge in [0, 0.05) is 13.6 Å². The van der Waals surface area contributed by atoms with Crippen LogP contribution in [0.4, 0.5) is 20.4 Å². The van der Waals surface area contributed by atoms with Crippen LogP contribution in [0.5, 0.6) is 0 Å². The Hall–Kier alpha value is -1.02. The second-order valence-electron chi connectivity index (χ2n) is 3.17. The molecule has 1 aromatic heterocycles. The molecule has 0 unspecified atom stereocenters. The van der Waals surface area contributed by atoms with E-state index >= 15 is 0 Å². The van der Waals surface area contributed by atoms with Crippen molar-refractivity contribution in [1.82, 2.24) is 9.97 Å². The normalized spacial score (nSPS) is 10.7. The van der Waals surface area contributed by atoms with Gasteiger partial charge in [-0.3, -0.25) is 0 Å². The highest BCUT2D eigenvalue weighted by Crippen LogP contribution is 2.29. The largest absolute Gasteiger partial charge is 0.395 e. The molecule has 0 atom stereocenters. The monoisotopic (exact) mass is 310 g/mol. The van der Waals surface area contributed by atoms with Crippen molar-refractivity contribution >= 4 is 27.6 Å². The van der Waals surface area contributed by atoms with E-state index in [0.717, 1.165) is 0 Å². The highest BCUT2D eigenvalue weighted by molar-refractivity contribution is 9.10. The van der Waals surface area contributed by atoms with Crippen LogP contribution >= 0.6 is 15.9 Å². The predicted octanol–water partition coefficient (Wildman–Crippen LogP) is 1.34. The van der Waals surface area contributed by atoms with Crippen molar-refractivity contribution in [2.75, 3.05) is 37.0 Å². The average molecular weight is 311 g/mol.